The summed E-state index contributed by atoms with van der Waals surface area (Å²) >= 11 is 0. The Morgan fingerprint density at radius 2 is 1.56 bits per heavy atom. The first-order valence-corrected chi connectivity index (χ1v) is 12.6. The van der Waals surface area contributed by atoms with E-state index in [2.05, 4.69) is 5.32 Å². The van der Waals surface area contributed by atoms with E-state index < -0.39 is 12.0 Å². The van der Waals surface area contributed by atoms with Crippen LogP contribution >= 0.6 is 0 Å². The monoisotopic (exact) mass is 484 g/mol. The van der Waals surface area contributed by atoms with Crippen LogP contribution in [-0.2, 0) is 4.79 Å². The summed E-state index contributed by atoms with van der Waals surface area (Å²) in [5.41, 5.74) is 2.89. The minimum absolute atomic E-state index is 0.000315. The number of benzene rings is 3. The summed E-state index contributed by atoms with van der Waals surface area (Å²) in [6.45, 7) is 0. The number of carbonyl (C=O) groups excluding carboxylic acids is 2. The smallest absolute Gasteiger partial charge is 0.254 e. The van der Waals surface area contributed by atoms with E-state index in [1.165, 1.54) is 6.42 Å². The standard InChI is InChI=1S/C30H32N2O4/c1-35-22-18-16-20(17-19-22)28-27(29(33)31-25-14-8-9-15-26(25)36-2)23-12-6-7-13-24(23)30(34)32(28)21-10-4-3-5-11-21/h6-9,12-19,21,27-28H,3-5,10-11H2,1-2H3,(H,31,33)/t27-,28+/m0/s1. The number of carbonyl (C=O) groups is 2. The molecule has 1 fully saturated rings. The Morgan fingerprint density at radius 3 is 2.28 bits per heavy atom. The summed E-state index contributed by atoms with van der Waals surface area (Å²) in [5.74, 6) is 0.580. The van der Waals surface area contributed by atoms with Crippen LogP contribution in [0.15, 0.2) is 72.8 Å². The molecule has 3 aromatic carbocycles. The van der Waals surface area contributed by atoms with Gasteiger partial charge >= 0.3 is 0 Å². The number of ether oxygens (including phenoxy) is 2. The highest BCUT2D eigenvalue weighted by atomic mass is 16.5. The SMILES string of the molecule is COc1ccc([C@@H]2[C@@H](C(=O)Nc3ccccc3OC)c3ccccc3C(=O)N2C2CCCCC2)cc1. The molecule has 2 amide bonds. The highest BCUT2D eigenvalue weighted by Crippen LogP contribution is 2.46. The van der Waals surface area contributed by atoms with E-state index >= 15 is 0 Å². The van der Waals surface area contributed by atoms with Crippen LogP contribution in [0.5, 0.6) is 11.5 Å². The van der Waals surface area contributed by atoms with Gasteiger partial charge in [0.15, 0.2) is 0 Å². The van der Waals surface area contributed by atoms with Gasteiger partial charge in [-0.3, -0.25) is 9.59 Å². The quantitative estimate of drug-likeness (QED) is 0.469. The molecule has 0 radical (unpaired) electrons. The van der Waals surface area contributed by atoms with Crippen LogP contribution in [0.2, 0.25) is 0 Å². The number of fused-ring (bicyclic) bond motifs is 1. The number of amides is 2. The summed E-state index contributed by atoms with van der Waals surface area (Å²) in [7, 11) is 3.22. The first-order chi connectivity index (χ1) is 17.6. The summed E-state index contributed by atoms with van der Waals surface area (Å²) in [6, 6.07) is 22.3. The molecule has 3 aromatic rings. The largest absolute Gasteiger partial charge is 0.497 e. The molecule has 6 nitrogen and oxygen atoms in total. The van der Waals surface area contributed by atoms with Gasteiger partial charge in [0.05, 0.1) is 31.9 Å². The van der Waals surface area contributed by atoms with E-state index in [-0.39, 0.29) is 17.9 Å². The summed E-state index contributed by atoms with van der Waals surface area (Å²) < 4.78 is 10.9. The predicted molar refractivity (Wildman–Crippen MR) is 140 cm³/mol. The number of methoxy groups -OCH3 is 2. The minimum Gasteiger partial charge on any atom is -0.497 e. The molecule has 1 aliphatic carbocycles. The summed E-state index contributed by atoms with van der Waals surface area (Å²) in [4.78, 5) is 30.1. The maximum Gasteiger partial charge on any atom is 0.254 e. The Kier molecular flexibility index (Phi) is 6.94. The molecule has 1 heterocycles. The van der Waals surface area contributed by atoms with E-state index in [0.29, 0.717) is 17.0 Å². The van der Waals surface area contributed by atoms with Gasteiger partial charge in [-0.1, -0.05) is 61.7 Å². The Balaban J connectivity index is 1.64. The van der Waals surface area contributed by atoms with Crippen molar-refractivity contribution in [2.24, 2.45) is 0 Å². The normalized spacial score (nSPS) is 19.9. The summed E-state index contributed by atoms with van der Waals surface area (Å²) in [5, 5.41) is 3.11. The lowest BCUT2D eigenvalue weighted by Gasteiger charge is -2.46. The van der Waals surface area contributed by atoms with Gasteiger partial charge in [0.1, 0.15) is 11.5 Å². The fourth-order valence-corrected chi connectivity index (χ4v) is 5.71. The molecule has 36 heavy (non-hydrogen) atoms. The second kappa shape index (κ2) is 10.4. The molecule has 2 aliphatic rings. The van der Waals surface area contributed by atoms with Gasteiger partial charge in [-0.15, -0.1) is 0 Å². The average Bonchev–Trinajstić information content (AvgIpc) is 2.93. The number of hydrogen-bond acceptors (Lipinski definition) is 4. The number of anilines is 1. The fourth-order valence-electron chi connectivity index (χ4n) is 5.71. The Labute approximate surface area is 212 Å². The van der Waals surface area contributed by atoms with Crippen LogP contribution in [0, 0.1) is 0 Å². The van der Waals surface area contributed by atoms with Crippen LogP contribution in [0.4, 0.5) is 5.69 Å². The molecule has 0 spiro atoms. The molecule has 186 valence electrons. The highest BCUT2D eigenvalue weighted by Gasteiger charge is 2.46. The van der Waals surface area contributed by atoms with Gasteiger partial charge in [-0.05, 0) is 54.3 Å². The molecule has 1 aliphatic heterocycles. The average molecular weight is 485 g/mol. The van der Waals surface area contributed by atoms with Crippen molar-refractivity contribution in [1.29, 1.82) is 0 Å². The van der Waals surface area contributed by atoms with Crippen molar-refractivity contribution < 1.29 is 19.1 Å². The number of nitrogens with one attached hydrogen (secondary N) is 1. The zero-order valence-electron chi connectivity index (χ0n) is 20.8. The van der Waals surface area contributed by atoms with Crippen molar-refractivity contribution in [3.05, 3.63) is 89.5 Å². The van der Waals surface area contributed by atoms with Crippen LogP contribution in [-0.4, -0.2) is 37.0 Å². The van der Waals surface area contributed by atoms with Crippen molar-refractivity contribution in [3.63, 3.8) is 0 Å². The number of rotatable bonds is 6. The van der Waals surface area contributed by atoms with E-state index in [9.17, 15) is 9.59 Å². The fraction of sp³-hybridized carbons (Fsp3) is 0.333. The van der Waals surface area contributed by atoms with Gasteiger partial charge in [0.2, 0.25) is 5.91 Å². The van der Waals surface area contributed by atoms with E-state index in [0.717, 1.165) is 42.6 Å². The molecule has 0 saturated heterocycles. The summed E-state index contributed by atoms with van der Waals surface area (Å²) in [6.07, 6.45) is 5.25. The Bertz CT molecular complexity index is 1230. The van der Waals surface area contributed by atoms with Crippen molar-refractivity contribution in [2.45, 2.75) is 50.1 Å². The van der Waals surface area contributed by atoms with Gasteiger partial charge < -0.3 is 19.7 Å². The van der Waals surface area contributed by atoms with Crippen LogP contribution in [0.3, 0.4) is 0 Å². The first-order valence-electron chi connectivity index (χ1n) is 12.6. The van der Waals surface area contributed by atoms with Gasteiger partial charge in [0.25, 0.3) is 5.91 Å². The van der Waals surface area contributed by atoms with E-state index in [1.807, 2.05) is 77.7 Å². The number of para-hydroxylation sites is 2. The molecule has 1 N–H and O–H groups in total. The van der Waals surface area contributed by atoms with Crippen molar-refractivity contribution >= 4 is 17.5 Å². The van der Waals surface area contributed by atoms with Crippen molar-refractivity contribution in [3.8, 4) is 11.5 Å². The third-order valence-corrected chi connectivity index (χ3v) is 7.45. The molecular formula is C30H32N2O4. The lowest BCUT2D eigenvalue weighted by atomic mass is 9.77. The Morgan fingerprint density at radius 1 is 0.861 bits per heavy atom. The first kappa shape index (κ1) is 23.9. The molecule has 5 rings (SSSR count). The van der Waals surface area contributed by atoms with Gasteiger partial charge in [-0.25, -0.2) is 0 Å². The lowest BCUT2D eigenvalue weighted by molar-refractivity contribution is -0.119. The van der Waals surface area contributed by atoms with Crippen LogP contribution < -0.4 is 14.8 Å². The number of hydrogen-bond donors (Lipinski definition) is 1. The zero-order chi connectivity index (χ0) is 25.1. The van der Waals surface area contributed by atoms with Crippen molar-refractivity contribution in [2.75, 3.05) is 19.5 Å². The van der Waals surface area contributed by atoms with Crippen LogP contribution in [0.25, 0.3) is 0 Å². The number of nitrogens with zero attached hydrogens (tertiary/aromatic N) is 1. The second-order valence-corrected chi connectivity index (χ2v) is 9.48. The minimum atomic E-state index is -0.584. The molecule has 0 aromatic heterocycles. The lowest BCUT2D eigenvalue weighted by Crippen LogP contribution is -2.51. The maximum absolute atomic E-state index is 14.1. The second-order valence-electron chi connectivity index (χ2n) is 9.48. The molecule has 1 saturated carbocycles. The van der Waals surface area contributed by atoms with Gasteiger partial charge in [0, 0.05) is 11.6 Å². The molecule has 0 bridgehead atoms. The zero-order valence-corrected chi connectivity index (χ0v) is 20.8. The molecular weight excluding hydrogens is 452 g/mol. The topological polar surface area (TPSA) is 67.9 Å². The van der Waals surface area contributed by atoms with Crippen molar-refractivity contribution in [1.82, 2.24) is 4.90 Å². The van der Waals surface area contributed by atoms with E-state index in [4.69, 9.17) is 9.47 Å². The van der Waals surface area contributed by atoms with Crippen LogP contribution in [0.1, 0.15) is 65.5 Å². The third kappa shape index (κ3) is 4.43. The highest BCUT2D eigenvalue weighted by molar-refractivity contribution is 6.05. The third-order valence-electron chi connectivity index (χ3n) is 7.45. The Hall–Kier alpha value is -3.80. The molecule has 2 atom stereocenters. The predicted octanol–water partition coefficient (Wildman–Crippen LogP) is 5.96. The molecule has 0 unspecified atom stereocenters. The van der Waals surface area contributed by atoms with Gasteiger partial charge in [-0.2, -0.15) is 0 Å². The maximum atomic E-state index is 14.1. The molecule has 6 heteroatoms. The van der Waals surface area contributed by atoms with E-state index in [1.54, 1.807) is 14.2 Å².